The molecule has 0 radical (unpaired) electrons. The molecule has 0 spiro atoms. The van der Waals surface area contributed by atoms with Crippen molar-refractivity contribution < 1.29 is 22.0 Å². The molecule has 0 saturated heterocycles. The van der Waals surface area contributed by atoms with Gasteiger partial charge in [-0.1, -0.05) is 0 Å². The molecule has 1 atom stereocenters. The molecule has 0 saturated carbocycles. The van der Waals surface area contributed by atoms with Gasteiger partial charge in [-0.2, -0.15) is 0 Å². The fourth-order valence-electron chi connectivity index (χ4n) is 3.03. The number of carbonyl (C=O) groups is 1. The number of sulfonamides is 1. The quantitative estimate of drug-likeness (QED) is 0.908. The van der Waals surface area contributed by atoms with Gasteiger partial charge in [-0.05, 0) is 49.2 Å². The van der Waals surface area contributed by atoms with E-state index in [2.05, 4.69) is 5.32 Å². The number of nitrogens with zero attached hydrogens (tertiary/aromatic N) is 1. The first-order chi connectivity index (χ1) is 11.7. The predicted molar refractivity (Wildman–Crippen MR) is 91.2 cm³/mol. The fourth-order valence-corrected chi connectivity index (χ4v) is 4.30. The molecule has 0 fully saturated rings. The van der Waals surface area contributed by atoms with Crippen LogP contribution in [0.25, 0.3) is 0 Å². The highest BCUT2D eigenvalue weighted by atomic mass is 32.2. The second-order valence-electron chi connectivity index (χ2n) is 6.03. The van der Waals surface area contributed by atoms with Crippen LogP contribution in [0.15, 0.2) is 36.4 Å². The lowest BCUT2D eigenvalue weighted by atomic mass is 10.1. The first-order valence-corrected chi connectivity index (χ1v) is 9.40. The van der Waals surface area contributed by atoms with Gasteiger partial charge in [0, 0.05) is 17.7 Å². The molecule has 1 aliphatic heterocycles. The van der Waals surface area contributed by atoms with Gasteiger partial charge in [0.15, 0.2) is 0 Å². The first kappa shape index (κ1) is 17.3. The van der Waals surface area contributed by atoms with Crippen LogP contribution in [0, 0.1) is 11.6 Å². The van der Waals surface area contributed by atoms with Gasteiger partial charge in [-0.3, -0.25) is 9.10 Å². The van der Waals surface area contributed by atoms with Crippen LogP contribution < -0.4 is 9.62 Å². The third-order valence-corrected chi connectivity index (χ3v) is 5.30. The standard InChI is InChI=1S/C17H16F2N2O3S/c1-10-7-12-8-11(3-6-16(12)21(10)25(2,23)24)17(22)20-15-5-4-13(18)9-14(15)19/h3-6,8-10H,7H2,1-2H3,(H,20,22). The van der Waals surface area contributed by atoms with E-state index in [1.54, 1.807) is 19.1 Å². The Morgan fingerprint density at radius 3 is 2.56 bits per heavy atom. The van der Waals surface area contributed by atoms with Crippen LogP contribution >= 0.6 is 0 Å². The topological polar surface area (TPSA) is 66.5 Å². The molecule has 0 aliphatic carbocycles. The summed E-state index contributed by atoms with van der Waals surface area (Å²) in [6, 6.07) is 7.27. The molecule has 2 aromatic rings. The smallest absolute Gasteiger partial charge is 0.255 e. The minimum atomic E-state index is -3.41. The van der Waals surface area contributed by atoms with Gasteiger partial charge >= 0.3 is 0 Å². The summed E-state index contributed by atoms with van der Waals surface area (Å²) in [5, 5.41) is 2.39. The van der Waals surface area contributed by atoms with Gasteiger partial charge < -0.3 is 5.32 Å². The van der Waals surface area contributed by atoms with Crippen molar-refractivity contribution in [1.82, 2.24) is 0 Å². The zero-order chi connectivity index (χ0) is 18.4. The van der Waals surface area contributed by atoms with Crippen LogP contribution in [-0.4, -0.2) is 26.6 Å². The molecule has 0 aromatic heterocycles. The van der Waals surface area contributed by atoms with Crippen molar-refractivity contribution in [1.29, 1.82) is 0 Å². The lowest BCUT2D eigenvalue weighted by Crippen LogP contribution is -2.34. The number of rotatable bonds is 3. The second-order valence-corrected chi connectivity index (χ2v) is 7.89. The molecule has 8 heteroatoms. The van der Waals surface area contributed by atoms with E-state index in [0.717, 1.165) is 24.0 Å². The summed E-state index contributed by atoms with van der Waals surface area (Å²) in [5.41, 5.74) is 1.41. The second kappa shape index (κ2) is 6.11. The SMILES string of the molecule is CC1Cc2cc(C(=O)Nc3ccc(F)cc3F)ccc2N1S(C)(=O)=O. The molecular weight excluding hydrogens is 350 g/mol. The highest BCUT2D eigenvalue weighted by molar-refractivity contribution is 7.92. The summed E-state index contributed by atoms with van der Waals surface area (Å²) >= 11 is 0. The summed E-state index contributed by atoms with van der Waals surface area (Å²) in [6.07, 6.45) is 1.62. The lowest BCUT2D eigenvalue weighted by Gasteiger charge is -2.21. The monoisotopic (exact) mass is 366 g/mol. The molecule has 3 rings (SSSR count). The van der Waals surface area contributed by atoms with Gasteiger partial charge in [0.25, 0.3) is 5.91 Å². The van der Waals surface area contributed by atoms with E-state index in [0.29, 0.717) is 18.2 Å². The van der Waals surface area contributed by atoms with E-state index >= 15 is 0 Å². The van der Waals surface area contributed by atoms with Crippen LogP contribution in [0.3, 0.4) is 0 Å². The maximum atomic E-state index is 13.7. The summed E-state index contributed by atoms with van der Waals surface area (Å²) in [7, 11) is -3.41. The average molecular weight is 366 g/mol. The number of nitrogens with one attached hydrogen (secondary N) is 1. The maximum Gasteiger partial charge on any atom is 0.255 e. The predicted octanol–water partition coefficient (Wildman–Crippen LogP) is 2.93. The zero-order valence-electron chi connectivity index (χ0n) is 13.6. The Kier molecular flexibility index (Phi) is 4.24. The largest absolute Gasteiger partial charge is 0.319 e. The summed E-state index contributed by atoms with van der Waals surface area (Å²) in [5.74, 6) is -2.16. The van der Waals surface area contributed by atoms with E-state index in [9.17, 15) is 22.0 Å². The highest BCUT2D eigenvalue weighted by Crippen LogP contribution is 2.34. The molecule has 1 amide bonds. The Morgan fingerprint density at radius 2 is 1.92 bits per heavy atom. The minimum Gasteiger partial charge on any atom is -0.319 e. The van der Waals surface area contributed by atoms with Crippen LogP contribution in [0.2, 0.25) is 0 Å². The van der Waals surface area contributed by atoms with Crippen molar-refractivity contribution in [3.05, 3.63) is 59.2 Å². The molecule has 1 aliphatic rings. The lowest BCUT2D eigenvalue weighted by molar-refractivity contribution is 0.102. The van der Waals surface area contributed by atoms with Gasteiger partial charge in [0.2, 0.25) is 10.0 Å². The number of benzene rings is 2. The number of carbonyl (C=O) groups excluding carboxylic acids is 1. The van der Waals surface area contributed by atoms with Crippen molar-refractivity contribution in [3.8, 4) is 0 Å². The molecule has 1 unspecified atom stereocenters. The molecule has 25 heavy (non-hydrogen) atoms. The van der Waals surface area contributed by atoms with Crippen LogP contribution in [-0.2, 0) is 16.4 Å². The Bertz CT molecular complexity index is 960. The van der Waals surface area contributed by atoms with E-state index < -0.39 is 27.6 Å². The number of hydrogen-bond donors (Lipinski definition) is 1. The van der Waals surface area contributed by atoms with Crippen molar-refractivity contribution in [3.63, 3.8) is 0 Å². The van der Waals surface area contributed by atoms with Crippen LogP contribution in [0.1, 0.15) is 22.8 Å². The number of hydrogen-bond acceptors (Lipinski definition) is 3. The molecule has 0 bridgehead atoms. The summed E-state index contributed by atoms with van der Waals surface area (Å²) in [6.45, 7) is 1.79. The van der Waals surface area contributed by atoms with Crippen molar-refractivity contribution in [2.75, 3.05) is 15.9 Å². The maximum absolute atomic E-state index is 13.7. The van der Waals surface area contributed by atoms with E-state index in [1.165, 1.54) is 10.4 Å². The van der Waals surface area contributed by atoms with E-state index in [-0.39, 0.29) is 17.3 Å². The summed E-state index contributed by atoms with van der Waals surface area (Å²) in [4.78, 5) is 12.3. The van der Waals surface area contributed by atoms with Crippen molar-refractivity contribution in [2.45, 2.75) is 19.4 Å². The number of amides is 1. The van der Waals surface area contributed by atoms with Gasteiger partial charge in [0.1, 0.15) is 11.6 Å². The van der Waals surface area contributed by atoms with E-state index in [1.807, 2.05) is 0 Å². The van der Waals surface area contributed by atoms with Crippen LogP contribution in [0.4, 0.5) is 20.2 Å². The Balaban J connectivity index is 1.88. The molecular formula is C17H16F2N2O3S. The Hall–Kier alpha value is -2.48. The van der Waals surface area contributed by atoms with Crippen molar-refractivity contribution >= 4 is 27.3 Å². The van der Waals surface area contributed by atoms with E-state index in [4.69, 9.17) is 0 Å². The third kappa shape index (κ3) is 3.34. The molecule has 132 valence electrons. The number of anilines is 2. The molecule has 5 nitrogen and oxygen atoms in total. The summed E-state index contributed by atoms with van der Waals surface area (Å²) < 4.78 is 51.7. The highest BCUT2D eigenvalue weighted by Gasteiger charge is 2.32. The van der Waals surface area contributed by atoms with Gasteiger partial charge in [-0.25, -0.2) is 17.2 Å². The molecule has 1 heterocycles. The molecule has 1 N–H and O–H groups in total. The number of fused-ring (bicyclic) bond motifs is 1. The zero-order valence-corrected chi connectivity index (χ0v) is 14.4. The number of halogens is 2. The average Bonchev–Trinajstić information content (AvgIpc) is 2.84. The molecule has 2 aromatic carbocycles. The third-order valence-electron chi connectivity index (χ3n) is 4.03. The van der Waals surface area contributed by atoms with Gasteiger partial charge in [-0.15, -0.1) is 0 Å². The van der Waals surface area contributed by atoms with Gasteiger partial charge in [0.05, 0.1) is 17.6 Å². The normalized spacial score (nSPS) is 16.6. The minimum absolute atomic E-state index is 0.127. The Morgan fingerprint density at radius 1 is 1.20 bits per heavy atom. The van der Waals surface area contributed by atoms with Crippen LogP contribution in [0.5, 0.6) is 0 Å². The fraction of sp³-hybridized carbons (Fsp3) is 0.235. The Labute approximate surface area is 144 Å². The van der Waals surface area contributed by atoms with Crippen molar-refractivity contribution in [2.24, 2.45) is 0 Å². The first-order valence-electron chi connectivity index (χ1n) is 7.55.